The predicted molar refractivity (Wildman–Crippen MR) is 77.6 cm³/mol. The smallest absolute Gasteiger partial charge is 0.183 e. The molecule has 0 unspecified atom stereocenters. The average molecular weight is 283 g/mol. The number of ether oxygens (including phenoxy) is 1. The highest BCUT2D eigenvalue weighted by atomic mass is 32.1. The quantitative estimate of drug-likeness (QED) is 0.792. The zero-order valence-electron chi connectivity index (χ0n) is 10.6. The van der Waals surface area contributed by atoms with Gasteiger partial charge in [-0.25, -0.2) is 9.97 Å². The molecule has 1 N–H and O–H groups in total. The summed E-state index contributed by atoms with van der Waals surface area (Å²) in [5, 5.41) is 7.43. The Balaban J connectivity index is 1.99. The summed E-state index contributed by atoms with van der Waals surface area (Å²) in [4.78, 5) is 10.1. The average Bonchev–Trinajstić information content (AvgIpc) is 2.98. The van der Waals surface area contributed by atoms with E-state index >= 15 is 0 Å². The molecule has 0 aliphatic rings. The maximum atomic E-state index is 4.99. The van der Waals surface area contributed by atoms with Crippen LogP contribution in [0.3, 0.4) is 0 Å². The fraction of sp³-hybridized carbons (Fsp3) is 0.500. The van der Waals surface area contributed by atoms with Crippen LogP contribution in [0.15, 0.2) is 11.6 Å². The zero-order chi connectivity index (χ0) is 12.8. The van der Waals surface area contributed by atoms with Crippen molar-refractivity contribution in [2.24, 2.45) is 0 Å². The van der Waals surface area contributed by atoms with Gasteiger partial charge in [-0.2, -0.15) is 0 Å². The van der Waals surface area contributed by atoms with E-state index in [1.165, 1.54) is 5.01 Å². The van der Waals surface area contributed by atoms with E-state index in [0.717, 1.165) is 35.1 Å². The fourth-order valence-electron chi connectivity index (χ4n) is 1.49. The van der Waals surface area contributed by atoms with Gasteiger partial charge >= 0.3 is 0 Å². The standard InChI is InChI=1S/C12H17N3OS2/c1-3-4-11-14-7-10(18-11)9-8-17-12(15-9)13-5-6-16-2/h7-8H,3-6H2,1-2H3,(H,13,15). The molecule has 0 spiro atoms. The van der Waals surface area contributed by atoms with Crippen molar-refractivity contribution in [3.8, 4) is 10.6 Å². The first kappa shape index (κ1) is 13.5. The first-order chi connectivity index (χ1) is 8.83. The molecule has 2 heterocycles. The van der Waals surface area contributed by atoms with E-state index in [4.69, 9.17) is 4.74 Å². The summed E-state index contributed by atoms with van der Waals surface area (Å²) >= 11 is 3.35. The molecule has 0 aliphatic carbocycles. The molecule has 0 aliphatic heterocycles. The molecule has 18 heavy (non-hydrogen) atoms. The fourth-order valence-corrected chi connectivity index (χ4v) is 3.28. The number of thiazole rings is 2. The Bertz CT molecular complexity index is 481. The Morgan fingerprint density at radius 2 is 2.33 bits per heavy atom. The number of hydrogen-bond acceptors (Lipinski definition) is 6. The minimum atomic E-state index is 0.691. The van der Waals surface area contributed by atoms with Crippen LogP contribution in [0.4, 0.5) is 5.13 Å². The van der Waals surface area contributed by atoms with E-state index in [1.54, 1.807) is 29.8 Å². The van der Waals surface area contributed by atoms with Crippen molar-refractivity contribution in [2.45, 2.75) is 19.8 Å². The molecular formula is C12H17N3OS2. The second-order valence-corrected chi connectivity index (χ2v) is 5.80. The predicted octanol–water partition coefficient (Wildman–Crippen LogP) is 3.28. The van der Waals surface area contributed by atoms with E-state index < -0.39 is 0 Å². The van der Waals surface area contributed by atoms with Crippen molar-refractivity contribution in [3.63, 3.8) is 0 Å². The Morgan fingerprint density at radius 3 is 3.11 bits per heavy atom. The molecule has 0 radical (unpaired) electrons. The summed E-state index contributed by atoms with van der Waals surface area (Å²) < 4.78 is 4.99. The topological polar surface area (TPSA) is 47.0 Å². The van der Waals surface area contributed by atoms with Crippen molar-refractivity contribution < 1.29 is 4.74 Å². The SMILES string of the molecule is CCCc1ncc(-c2csc(NCCOC)n2)s1. The number of nitrogens with zero attached hydrogens (tertiary/aromatic N) is 2. The van der Waals surface area contributed by atoms with Crippen molar-refractivity contribution in [3.05, 3.63) is 16.6 Å². The minimum Gasteiger partial charge on any atom is -0.383 e. The van der Waals surface area contributed by atoms with Gasteiger partial charge in [-0.3, -0.25) is 0 Å². The maximum absolute atomic E-state index is 4.99. The maximum Gasteiger partial charge on any atom is 0.183 e. The Labute approximate surface area is 115 Å². The molecular weight excluding hydrogens is 266 g/mol. The molecule has 2 aromatic rings. The number of anilines is 1. The van der Waals surface area contributed by atoms with Gasteiger partial charge in [0.1, 0.15) is 0 Å². The molecule has 0 saturated heterocycles. The molecule has 4 nitrogen and oxygen atoms in total. The van der Waals surface area contributed by atoms with Crippen molar-refractivity contribution in [2.75, 3.05) is 25.6 Å². The summed E-state index contributed by atoms with van der Waals surface area (Å²) in [6, 6.07) is 0. The lowest BCUT2D eigenvalue weighted by molar-refractivity contribution is 0.211. The van der Waals surface area contributed by atoms with Crippen LogP contribution in [0.5, 0.6) is 0 Å². The van der Waals surface area contributed by atoms with E-state index in [-0.39, 0.29) is 0 Å². The van der Waals surface area contributed by atoms with Crippen LogP contribution in [0.25, 0.3) is 10.6 Å². The van der Waals surface area contributed by atoms with Gasteiger partial charge in [0.15, 0.2) is 5.13 Å². The lowest BCUT2D eigenvalue weighted by Crippen LogP contribution is -2.06. The number of methoxy groups -OCH3 is 1. The van der Waals surface area contributed by atoms with E-state index in [0.29, 0.717) is 6.61 Å². The monoisotopic (exact) mass is 283 g/mol. The third kappa shape index (κ3) is 3.51. The van der Waals surface area contributed by atoms with Crippen LogP contribution < -0.4 is 5.32 Å². The lowest BCUT2D eigenvalue weighted by atomic mass is 10.4. The highest BCUT2D eigenvalue weighted by molar-refractivity contribution is 7.16. The first-order valence-electron chi connectivity index (χ1n) is 5.97. The molecule has 0 saturated carbocycles. The molecule has 6 heteroatoms. The number of hydrogen-bond donors (Lipinski definition) is 1. The zero-order valence-corrected chi connectivity index (χ0v) is 12.2. The summed E-state index contributed by atoms with van der Waals surface area (Å²) in [6.07, 6.45) is 4.10. The molecule has 0 aromatic carbocycles. The van der Waals surface area contributed by atoms with Gasteiger partial charge in [-0.15, -0.1) is 22.7 Å². The largest absolute Gasteiger partial charge is 0.383 e. The molecule has 0 bridgehead atoms. The van der Waals surface area contributed by atoms with E-state index in [2.05, 4.69) is 27.6 Å². The summed E-state index contributed by atoms with van der Waals surface area (Å²) in [6.45, 7) is 3.64. The molecule has 98 valence electrons. The highest BCUT2D eigenvalue weighted by Gasteiger charge is 2.08. The molecule has 2 aromatic heterocycles. The second-order valence-electron chi connectivity index (χ2n) is 3.83. The van der Waals surface area contributed by atoms with Gasteiger partial charge in [0.05, 0.1) is 22.2 Å². The van der Waals surface area contributed by atoms with Gasteiger partial charge in [0.2, 0.25) is 0 Å². The summed E-state index contributed by atoms with van der Waals surface area (Å²) in [7, 11) is 1.70. The van der Waals surface area contributed by atoms with E-state index in [9.17, 15) is 0 Å². The number of rotatable bonds is 7. The number of nitrogens with one attached hydrogen (secondary N) is 1. The number of aromatic nitrogens is 2. The van der Waals surface area contributed by atoms with Crippen LogP contribution in [0.2, 0.25) is 0 Å². The van der Waals surface area contributed by atoms with Gasteiger partial charge in [-0.1, -0.05) is 6.92 Å². The van der Waals surface area contributed by atoms with Crippen molar-refractivity contribution in [1.29, 1.82) is 0 Å². The third-order valence-electron chi connectivity index (χ3n) is 2.36. The van der Waals surface area contributed by atoms with Crippen LogP contribution in [-0.4, -0.2) is 30.2 Å². The van der Waals surface area contributed by atoms with Gasteiger partial charge in [0.25, 0.3) is 0 Å². The third-order valence-corrected chi connectivity index (χ3v) is 4.24. The Hall–Kier alpha value is -0.980. The van der Waals surface area contributed by atoms with Crippen LogP contribution in [0, 0.1) is 0 Å². The second kappa shape index (κ2) is 6.82. The minimum absolute atomic E-state index is 0.691. The van der Waals surface area contributed by atoms with Gasteiger partial charge in [0, 0.05) is 25.2 Å². The molecule has 0 fully saturated rings. The van der Waals surface area contributed by atoms with Crippen LogP contribution >= 0.6 is 22.7 Å². The van der Waals surface area contributed by atoms with Gasteiger partial charge < -0.3 is 10.1 Å². The Morgan fingerprint density at radius 1 is 1.44 bits per heavy atom. The summed E-state index contributed by atoms with van der Waals surface area (Å²) in [5.74, 6) is 0. The van der Waals surface area contributed by atoms with Gasteiger partial charge in [-0.05, 0) is 12.8 Å². The highest BCUT2D eigenvalue weighted by Crippen LogP contribution is 2.29. The first-order valence-corrected chi connectivity index (χ1v) is 7.66. The number of aryl methyl sites for hydroxylation is 1. The summed E-state index contributed by atoms with van der Waals surface area (Å²) in [5.41, 5.74) is 1.01. The van der Waals surface area contributed by atoms with Crippen LogP contribution in [0.1, 0.15) is 18.4 Å². The Kier molecular flexibility index (Phi) is 5.10. The normalized spacial score (nSPS) is 10.8. The van der Waals surface area contributed by atoms with Crippen molar-refractivity contribution in [1.82, 2.24) is 9.97 Å². The lowest BCUT2D eigenvalue weighted by Gasteiger charge is -1.99. The van der Waals surface area contributed by atoms with Crippen molar-refractivity contribution >= 4 is 27.8 Å². The van der Waals surface area contributed by atoms with Crippen LogP contribution in [-0.2, 0) is 11.2 Å². The molecule has 0 atom stereocenters. The van der Waals surface area contributed by atoms with E-state index in [1.807, 2.05) is 6.20 Å². The molecule has 2 rings (SSSR count). The molecule has 0 amide bonds.